The van der Waals surface area contributed by atoms with Gasteiger partial charge in [0.25, 0.3) is 0 Å². The van der Waals surface area contributed by atoms with Gasteiger partial charge in [-0.1, -0.05) is 44.0 Å². The van der Waals surface area contributed by atoms with Crippen LogP contribution >= 0.6 is 0 Å². The number of rotatable bonds is 6. The topological polar surface area (TPSA) is 35.2 Å². The Bertz CT molecular complexity index is 367. The van der Waals surface area contributed by atoms with Gasteiger partial charge in [-0.05, 0) is 43.2 Å². The third kappa shape index (κ3) is 4.05. The summed E-state index contributed by atoms with van der Waals surface area (Å²) in [6, 6.07) is 8.59. The van der Waals surface area contributed by atoms with Crippen molar-refractivity contribution in [1.82, 2.24) is 0 Å². The molecule has 0 saturated heterocycles. The Kier molecular flexibility index (Phi) is 5.41. The summed E-state index contributed by atoms with van der Waals surface area (Å²) in [6.07, 6.45) is 6.55. The van der Waals surface area contributed by atoms with E-state index in [0.29, 0.717) is 0 Å². The third-order valence-electron chi connectivity index (χ3n) is 4.35. The van der Waals surface area contributed by atoms with Crippen molar-refractivity contribution < 1.29 is 4.74 Å². The fourth-order valence-electron chi connectivity index (χ4n) is 2.82. The van der Waals surface area contributed by atoms with Crippen molar-refractivity contribution in [2.24, 2.45) is 11.7 Å². The summed E-state index contributed by atoms with van der Waals surface area (Å²) >= 11 is 0. The molecule has 1 fully saturated rings. The molecule has 2 atom stereocenters. The van der Waals surface area contributed by atoms with Crippen molar-refractivity contribution >= 4 is 0 Å². The minimum atomic E-state index is -0.0210. The molecule has 1 aliphatic rings. The molecule has 1 aromatic carbocycles. The molecule has 1 aliphatic carbocycles. The lowest BCUT2D eigenvalue weighted by Gasteiger charge is -2.22. The second kappa shape index (κ2) is 7.06. The Hall–Kier alpha value is -0.860. The average molecular weight is 261 g/mol. The van der Waals surface area contributed by atoms with Crippen molar-refractivity contribution in [3.63, 3.8) is 0 Å². The van der Waals surface area contributed by atoms with Crippen LogP contribution in [0.3, 0.4) is 0 Å². The highest BCUT2D eigenvalue weighted by atomic mass is 16.5. The predicted octanol–water partition coefficient (Wildman–Crippen LogP) is 3.84. The maximum Gasteiger partial charge on any atom is 0.0739 e. The lowest BCUT2D eigenvalue weighted by molar-refractivity contribution is 0.0259. The van der Waals surface area contributed by atoms with Crippen LogP contribution in [0.1, 0.15) is 56.7 Å². The maximum atomic E-state index is 6.29. The first-order chi connectivity index (χ1) is 9.20. The normalized spacial score (nSPS) is 19.5. The van der Waals surface area contributed by atoms with E-state index in [0.717, 1.165) is 18.9 Å². The van der Waals surface area contributed by atoms with E-state index in [9.17, 15) is 0 Å². The molecule has 106 valence electrons. The Morgan fingerprint density at radius 2 is 1.84 bits per heavy atom. The van der Waals surface area contributed by atoms with Gasteiger partial charge in [-0.25, -0.2) is 0 Å². The minimum Gasteiger partial charge on any atom is -0.376 e. The van der Waals surface area contributed by atoms with E-state index in [1.165, 1.54) is 36.8 Å². The second-order valence-electron chi connectivity index (χ2n) is 5.81. The molecule has 0 amide bonds. The van der Waals surface area contributed by atoms with E-state index >= 15 is 0 Å². The van der Waals surface area contributed by atoms with Crippen molar-refractivity contribution in [2.75, 3.05) is 6.61 Å². The Labute approximate surface area is 117 Å². The van der Waals surface area contributed by atoms with Gasteiger partial charge in [0.2, 0.25) is 0 Å². The number of hydrogen-bond donors (Lipinski definition) is 1. The van der Waals surface area contributed by atoms with Crippen LogP contribution in [0.15, 0.2) is 24.3 Å². The van der Waals surface area contributed by atoms with Gasteiger partial charge in [-0.3, -0.25) is 0 Å². The van der Waals surface area contributed by atoms with Gasteiger partial charge in [0.15, 0.2) is 0 Å². The fraction of sp³-hybridized carbons (Fsp3) is 0.647. The van der Waals surface area contributed by atoms with E-state index < -0.39 is 0 Å². The fourth-order valence-corrected chi connectivity index (χ4v) is 2.82. The Balaban J connectivity index is 1.84. The van der Waals surface area contributed by atoms with Crippen LogP contribution in [0.2, 0.25) is 0 Å². The monoisotopic (exact) mass is 261 g/mol. The molecule has 0 spiro atoms. The first kappa shape index (κ1) is 14.5. The first-order valence-electron chi connectivity index (χ1n) is 7.66. The van der Waals surface area contributed by atoms with Gasteiger partial charge in [-0.2, -0.15) is 0 Å². The van der Waals surface area contributed by atoms with Crippen molar-refractivity contribution in [3.05, 3.63) is 35.4 Å². The summed E-state index contributed by atoms with van der Waals surface area (Å²) in [7, 11) is 0. The molecule has 19 heavy (non-hydrogen) atoms. The smallest absolute Gasteiger partial charge is 0.0739 e. The highest BCUT2D eigenvalue weighted by Crippen LogP contribution is 2.26. The first-order valence-corrected chi connectivity index (χ1v) is 7.66. The van der Waals surface area contributed by atoms with Crippen LogP contribution in [-0.4, -0.2) is 12.7 Å². The molecule has 2 nitrogen and oxygen atoms in total. The molecule has 1 saturated carbocycles. The van der Waals surface area contributed by atoms with Gasteiger partial charge in [0.05, 0.1) is 12.1 Å². The standard InChI is InChI=1S/C17H27NO/c1-3-14-8-10-16(11-9-14)17(18)13(2)19-12-15-6-4-5-7-15/h8-11,13,15,17H,3-7,12,18H2,1-2H3. The summed E-state index contributed by atoms with van der Waals surface area (Å²) in [5, 5.41) is 0. The molecule has 0 aromatic heterocycles. The highest BCUT2D eigenvalue weighted by molar-refractivity contribution is 5.25. The van der Waals surface area contributed by atoms with Crippen LogP contribution in [0.4, 0.5) is 0 Å². The quantitative estimate of drug-likeness (QED) is 0.844. The molecule has 2 heteroatoms. The van der Waals surface area contributed by atoms with E-state index in [1.54, 1.807) is 0 Å². The van der Waals surface area contributed by atoms with Crippen molar-refractivity contribution in [3.8, 4) is 0 Å². The van der Waals surface area contributed by atoms with Crippen LogP contribution in [0, 0.1) is 5.92 Å². The minimum absolute atomic E-state index is 0.0210. The number of nitrogens with two attached hydrogens (primary N) is 1. The summed E-state index contributed by atoms with van der Waals surface area (Å²) in [5.74, 6) is 0.761. The summed E-state index contributed by atoms with van der Waals surface area (Å²) in [5.41, 5.74) is 8.82. The Morgan fingerprint density at radius 3 is 2.42 bits per heavy atom. The SMILES string of the molecule is CCc1ccc(C(N)C(C)OCC2CCCC2)cc1. The van der Waals surface area contributed by atoms with Gasteiger partial charge < -0.3 is 10.5 Å². The zero-order chi connectivity index (χ0) is 13.7. The van der Waals surface area contributed by atoms with E-state index in [2.05, 4.69) is 38.1 Å². The van der Waals surface area contributed by atoms with Crippen LogP contribution in [0.25, 0.3) is 0 Å². The van der Waals surface area contributed by atoms with Gasteiger partial charge in [-0.15, -0.1) is 0 Å². The van der Waals surface area contributed by atoms with Crippen LogP contribution < -0.4 is 5.73 Å². The zero-order valence-corrected chi connectivity index (χ0v) is 12.3. The van der Waals surface area contributed by atoms with E-state index in [-0.39, 0.29) is 12.1 Å². The van der Waals surface area contributed by atoms with Crippen molar-refractivity contribution in [1.29, 1.82) is 0 Å². The van der Waals surface area contributed by atoms with Crippen LogP contribution in [0.5, 0.6) is 0 Å². The summed E-state index contributed by atoms with van der Waals surface area (Å²) in [6.45, 7) is 5.14. The van der Waals surface area contributed by atoms with E-state index in [4.69, 9.17) is 10.5 Å². The number of aryl methyl sites for hydroxylation is 1. The molecule has 2 rings (SSSR count). The lowest BCUT2D eigenvalue weighted by atomic mass is 10.0. The average Bonchev–Trinajstić information content (AvgIpc) is 2.97. The maximum absolute atomic E-state index is 6.29. The highest BCUT2D eigenvalue weighted by Gasteiger charge is 2.19. The van der Waals surface area contributed by atoms with E-state index in [1.807, 2.05) is 0 Å². The number of ether oxygens (including phenoxy) is 1. The molecular formula is C17H27NO. The van der Waals surface area contributed by atoms with Gasteiger partial charge in [0.1, 0.15) is 0 Å². The largest absolute Gasteiger partial charge is 0.376 e. The molecule has 1 aromatic rings. The number of benzene rings is 1. The predicted molar refractivity (Wildman–Crippen MR) is 80.1 cm³/mol. The molecule has 0 bridgehead atoms. The second-order valence-corrected chi connectivity index (χ2v) is 5.81. The lowest BCUT2D eigenvalue weighted by Crippen LogP contribution is -2.27. The molecule has 2 unspecified atom stereocenters. The third-order valence-corrected chi connectivity index (χ3v) is 4.35. The van der Waals surface area contributed by atoms with Crippen molar-refractivity contribution in [2.45, 2.75) is 58.1 Å². The molecular weight excluding hydrogens is 234 g/mol. The zero-order valence-electron chi connectivity index (χ0n) is 12.3. The number of hydrogen-bond acceptors (Lipinski definition) is 2. The van der Waals surface area contributed by atoms with Gasteiger partial charge in [0, 0.05) is 6.61 Å². The molecule has 0 radical (unpaired) electrons. The summed E-state index contributed by atoms with van der Waals surface area (Å²) < 4.78 is 5.97. The Morgan fingerprint density at radius 1 is 1.21 bits per heavy atom. The summed E-state index contributed by atoms with van der Waals surface area (Å²) in [4.78, 5) is 0. The van der Waals surface area contributed by atoms with Crippen LogP contribution in [-0.2, 0) is 11.2 Å². The molecule has 0 heterocycles. The molecule has 2 N–H and O–H groups in total. The van der Waals surface area contributed by atoms with Gasteiger partial charge >= 0.3 is 0 Å². The molecule has 0 aliphatic heterocycles.